The Kier molecular flexibility index (Phi) is 3.81. The molecule has 3 rings (SSSR count). The minimum absolute atomic E-state index is 0.124. The number of nitrogens with one attached hydrogen (secondary N) is 1. The summed E-state index contributed by atoms with van der Waals surface area (Å²) in [4.78, 5) is 17.7. The second kappa shape index (κ2) is 5.76. The molecule has 0 atom stereocenters. The van der Waals surface area contributed by atoms with E-state index in [4.69, 9.17) is 4.42 Å². The Hall–Kier alpha value is -2.41. The van der Waals surface area contributed by atoms with E-state index in [9.17, 15) is 4.79 Å². The minimum Gasteiger partial charge on any atom is -0.463 e. The molecular formula is C15H16N4O2S. The maximum atomic E-state index is 12.1. The Labute approximate surface area is 131 Å². The molecule has 0 saturated carbocycles. The van der Waals surface area contributed by atoms with E-state index in [1.165, 1.54) is 11.3 Å². The van der Waals surface area contributed by atoms with Crippen LogP contribution in [0.5, 0.6) is 0 Å². The first-order valence-electron chi connectivity index (χ1n) is 6.83. The summed E-state index contributed by atoms with van der Waals surface area (Å²) in [5.74, 6) is 1.19. The molecule has 1 amide bonds. The molecule has 0 aliphatic heterocycles. The summed E-state index contributed by atoms with van der Waals surface area (Å²) in [5.41, 5.74) is 1.73. The molecule has 0 unspecified atom stereocenters. The first kappa shape index (κ1) is 14.5. The highest BCUT2D eigenvalue weighted by molar-refractivity contribution is 7.12. The second-order valence-corrected chi connectivity index (χ2v) is 6.34. The monoisotopic (exact) mass is 316 g/mol. The molecule has 1 N–H and O–H groups in total. The van der Waals surface area contributed by atoms with E-state index < -0.39 is 0 Å². The van der Waals surface area contributed by atoms with Crippen LogP contribution in [0.1, 0.15) is 15.4 Å². The van der Waals surface area contributed by atoms with Crippen LogP contribution in [0.15, 0.2) is 29.0 Å². The SMILES string of the molecule is Cc1cn(C)nc1NC(=O)Cc1nc(-c2ccco2)c(C)s1. The molecule has 3 aromatic heterocycles. The highest BCUT2D eigenvalue weighted by Gasteiger charge is 2.15. The van der Waals surface area contributed by atoms with Gasteiger partial charge in [0.15, 0.2) is 11.6 Å². The van der Waals surface area contributed by atoms with E-state index in [-0.39, 0.29) is 12.3 Å². The molecule has 0 saturated heterocycles. The van der Waals surface area contributed by atoms with Crippen molar-refractivity contribution in [1.29, 1.82) is 0 Å². The summed E-state index contributed by atoms with van der Waals surface area (Å²) in [7, 11) is 1.82. The topological polar surface area (TPSA) is 73.0 Å². The zero-order chi connectivity index (χ0) is 15.7. The Morgan fingerprint density at radius 1 is 1.45 bits per heavy atom. The van der Waals surface area contributed by atoms with E-state index in [1.54, 1.807) is 10.9 Å². The van der Waals surface area contributed by atoms with E-state index >= 15 is 0 Å². The summed E-state index contributed by atoms with van der Waals surface area (Å²) in [6.45, 7) is 3.88. The van der Waals surface area contributed by atoms with Crippen LogP contribution < -0.4 is 5.32 Å². The van der Waals surface area contributed by atoms with Crippen LogP contribution in [0.3, 0.4) is 0 Å². The molecular weight excluding hydrogens is 300 g/mol. The van der Waals surface area contributed by atoms with Crippen LogP contribution in [-0.2, 0) is 18.3 Å². The number of thiazole rings is 1. The van der Waals surface area contributed by atoms with Gasteiger partial charge in [-0.1, -0.05) is 0 Å². The van der Waals surface area contributed by atoms with Crippen molar-refractivity contribution >= 4 is 23.1 Å². The fraction of sp³-hybridized carbons (Fsp3) is 0.267. The zero-order valence-electron chi connectivity index (χ0n) is 12.6. The Morgan fingerprint density at radius 3 is 2.91 bits per heavy atom. The van der Waals surface area contributed by atoms with Crippen molar-refractivity contribution in [2.45, 2.75) is 20.3 Å². The van der Waals surface area contributed by atoms with Crippen molar-refractivity contribution in [1.82, 2.24) is 14.8 Å². The molecule has 7 heteroatoms. The molecule has 114 valence electrons. The number of aryl methyl sites for hydroxylation is 3. The number of nitrogens with zero attached hydrogens (tertiary/aromatic N) is 3. The van der Waals surface area contributed by atoms with Crippen LogP contribution >= 0.6 is 11.3 Å². The summed E-state index contributed by atoms with van der Waals surface area (Å²) in [5, 5.41) is 7.78. The maximum absolute atomic E-state index is 12.1. The van der Waals surface area contributed by atoms with Crippen LogP contribution in [0, 0.1) is 13.8 Å². The molecule has 22 heavy (non-hydrogen) atoms. The number of carbonyl (C=O) groups is 1. The lowest BCUT2D eigenvalue weighted by Crippen LogP contribution is -2.15. The van der Waals surface area contributed by atoms with E-state index in [0.717, 1.165) is 26.9 Å². The Bertz CT molecular complexity index is 802. The van der Waals surface area contributed by atoms with Gasteiger partial charge in [0.05, 0.1) is 12.7 Å². The highest BCUT2D eigenvalue weighted by atomic mass is 32.1. The summed E-state index contributed by atoms with van der Waals surface area (Å²) in [6, 6.07) is 3.69. The number of hydrogen-bond donors (Lipinski definition) is 1. The largest absolute Gasteiger partial charge is 0.463 e. The molecule has 0 aliphatic rings. The number of rotatable bonds is 4. The van der Waals surface area contributed by atoms with Crippen molar-refractivity contribution in [3.63, 3.8) is 0 Å². The average molecular weight is 316 g/mol. The van der Waals surface area contributed by atoms with Crippen LogP contribution in [0.25, 0.3) is 11.5 Å². The fourth-order valence-electron chi connectivity index (χ4n) is 2.21. The molecule has 0 radical (unpaired) electrons. The van der Waals surface area contributed by atoms with Crippen molar-refractivity contribution < 1.29 is 9.21 Å². The first-order chi connectivity index (χ1) is 10.5. The van der Waals surface area contributed by atoms with Gasteiger partial charge in [-0.15, -0.1) is 11.3 Å². The van der Waals surface area contributed by atoms with Gasteiger partial charge in [-0.05, 0) is 26.0 Å². The van der Waals surface area contributed by atoms with Crippen LogP contribution in [0.2, 0.25) is 0 Å². The van der Waals surface area contributed by atoms with E-state index in [2.05, 4.69) is 15.4 Å². The molecule has 3 aromatic rings. The number of anilines is 1. The van der Waals surface area contributed by atoms with Crippen molar-refractivity contribution in [3.05, 3.63) is 40.0 Å². The number of hydrogen-bond acceptors (Lipinski definition) is 5. The minimum atomic E-state index is -0.124. The third kappa shape index (κ3) is 2.94. The van der Waals surface area contributed by atoms with Gasteiger partial charge in [0, 0.05) is 23.7 Å². The first-order valence-corrected chi connectivity index (χ1v) is 7.65. The standard InChI is InChI=1S/C15H16N4O2S/c1-9-8-19(3)18-15(9)16-12(20)7-13-17-14(10(2)22-13)11-5-4-6-21-11/h4-6,8H,7H2,1-3H3,(H,16,18,20). The van der Waals surface area contributed by atoms with Gasteiger partial charge in [0.25, 0.3) is 0 Å². The Morgan fingerprint density at radius 2 is 2.27 bits per heavy atom. The van der Waals surface area contributed by atoms with Crippen molar-refractivity contribution in [2.24, 2.45) is 7.05 Å². The van der Waals surface area contributed by atoms with Gasteiger partial charge in [-0.2, -0.15) is 5.10 Å². The van der Waals surface area contributed by atoms with Crippen molar-refractivity contribution in [3.8, 4) is 11.5 Å². The molecule has 3 heterocycles. The summed E-state index contributed by atoms with van der Waals surface area (Å²) < 4.78 is 7.04. The van der Waals surface area contributed by atoms with Gasteiger partial charge in [0.2, 0.25) is 5.91 Å². The fourth-order valence-corrected chi connectivity index (χ4v) is 3.15. The summed E-state index contributed by atoms with van der Waals surface area (Å²) in [6.07, 6.45) is 3.70. The van der Waals surface area contributed by atoms with E-state index in [0.29, 0.717) is 5.82 Å². The highest BCUT2D eigenvalue weighted by Crippen LogP contribution is 2.28. The third-order valence-electron chi connectivity index (χ3n) is 3.18. The molecule has 0 fully saturated rings. The normalized spacial score (nSPS) is 10.9. The lowest BCUT2D eigenvalue weighted by atomic mass is 10.3. The lowest BCUT2D eigenvalue weighted by molar-refractivity contribution is -0.115. The average Bonchev–Trinajstić information content (AvgIpc) is 3.12. The Balaban J connectivity index is 1.72. The quantitative estimate of drug-likeness (QED) is 0.803. The number of amides is 1. The summed E-state index contributed by atoms with van der Waals surface area (Å²) >= 11 is 1.50. The molecule has 0 spiro atoms. The zero-order valence-corrected chi connectivity index (χ0v) is 13.4. The van der Waals surface area contributed by atoms with Gasteiger partial charge < -0.3 is 9.73 Å². The van der Waals surface area contributed by atoms with Gasteiger partial charge in [-0.25, -0.2) is 4.98 Å². The molecule has 6 nitrogen and oxygen atoms in total. The van der Waals surface area contributed by atoms with E-state index in [1.807, 2.05) is 39.2 Å². The third-order valence-corrected chi connectivity index (χ3v) is 4.15. The van der Waals surface area contributed by atoms with Crippen LogP contribution in [-0.4, -0.2) is 20.7 Å². The predicted molar refractivity (Wildman–Crippen MR) is 84.8 cm³/mol. The lowest BCUT2D eigenvalue weighted by Gasteiger charge is -2.00. The van der Waals surface area contributed by atoms with Gasteiger partial charge >= 0.3 is 0 Å². The second-order valence-electron chi connectivity index (χ2n) is 5.05. The predicted octanol–water partition coefficient (Wildman–Crippen LogP) is 2.93. The maximum Gasteiger partial charge on any atom is 0.232 e. The van der Waals surface area contributed by atoms with Gasteiger partial charge in [-0.3, -0.25) is 9.48 Å². The molecule has 0 aliphatic carbocycles. The number of aromatic nitrogens is 3. The van der Waals surface area contributed by atoms with Crippen molar-refractivity contribution in [2.75, 3.05) is 5.32 Å². The molecule has 0 aromatic carbocycles. The smallest absolute Gasteiger partial charge is 0.232 e. The van der Waals surface area contributed by atoms with Crippen LogP contribution in [0.4, 0.5) is 5.82 Å². The number of carbonyl (C=O) groups excluding carboxylic acids is 1. The molecule has 0 bridgehead atoms. The van der Waals surface area contributed by atoms with Gasteiger partial charge in [0.1, 0.15) is 10.7 Å². The number of furan rings is 1.